The number of likely N-dealkylation sites (N-methyl/N-ethyl adjacent to an activating group) is 1. The molecule has 21 heavy (non-hydrogen) atoms. The lowest BCUT2D eigenvalue weighted by atomic mass is 10.1. The molecule has 0 spiro atoms. The first-order valence-corrected chi connectivity index (χ1v) is 7.16. The molecule has 3 heteroatoms. The molecule has 0 saturated heterocycles. The van der Waals surface area contributed by atoms with Crippen LogP contribution in [-0.4, -0.2) is 19.1 Å². The van der Waals surface area contributed by atoms with Crippen molar-refractivity contribution in [2.75, 3.05) is 18.1 Å². The third kappa shape index (κ3) is 4.09. The predicted molar refractivity (Wildman–Crippen MR) is 85.9 cm³/mol. The molecule has 0 aromatic heterocycles. The van der Waals surface area contributed by atoms with Gasteiger partial charge < -0.3 is 9.64 Å². The van der Waals surface area contributed by atoms with Crippen LogP contribution < -0.4 is 9.64 Å². The van der Waals surface area contributed by atoms with Gasteiger partial charge in [0.25, 0.3) is 5.91 Å². The van der Waals surface area contributed by atoms with Crippen molar-refractivity contribution in [2.24, 2.45) is 0 Å². The summed E-state index contributed by atoms with van der Waals surface area (Å²) >= 11 is 0. The highest BCUT2D eigenvalue weighted by Crippen LogP contribution is 2.17. The summed E-state index contributed by atoms with van der Waals surface area (Å²) in [6.07, 6.45) is 0. The molecule has 0 saturated carbocycles. The molecular formula is C18H21NO2. The Morgan fingerprint density at radius 3 is 2.24 bits per heavy atom. The van der Waals surface area contributed by atoms with Crippen molar-refractivity contribution in [2.45, 2.75) is 20.8 Å². The standard InChI is InChI=1S/C18H21NO2/c1-4-19(16-8-6-5-7-9-16)18(20)13-21-17-11-14(2)10-15(3)12-17/h5-12H,4,13H2,1-3H3. The number of rotatable bonds is 5. The first kappa shape index (κ1) is 15.1. The SMILES string of the molecule is CCN(C(=O)COc1cc(C)cc(C)c1)c1ccccc1. The highest BCUT2D eigenvalue weighted by molar-refractivity contribution is 5.94. The second kappa shape index (κ2) is 6.93. The van der Waals surface area contributed by atoms with Gasteiger partial charge in [0.05, 0.1) is 0 Å². The summed E-state index contributed by atoms with van der Waals surface area (Å²) in [6.45, 7) is 6.67. The van der Waals surface area contributed by atoms with Gasteiger partial charge in [-0.2, -0.15) is 0 Å². The van der Waals surface area contributed by atoms with E-state index in [1.165, 1.54) is 0 Å². The van der Waals surface area contributed by atoms with Gasteiger partial charge in [-0.15, -0.1) is 0 Å². The van der Waals surface area contributed by atoms with Crippen LogP contribution >= 0.6 is 0 Å². The zero-order valence-electron chi connectivity index (χ0n) is 12.8. The topological polar surface area (TPSA) is 29.5 Å². The first-order chi connectivity index (χ1) is 10.1. The summed E-state index contributed by atoms with van der Waals surface area (Å²) in [5, 5.41) is 0. The molecule has 0 heterocycles. The summed E-state index contributed by atoms with van der Waals surface area (Å²) in [7, 11) is 0. The van der Waals surface area contributed by atoms with Crippen molar-refractivity contribution in [3.63, 3.8) is 0 Å². The number of benzene rings is 2. The number of hydrogen-bond acceptors (Lipinski definition) is 2. The van der Waals surface area contributed by atoms with Crippen molar-refractivity contribution in [3.8, 4) is 5.75 Å². The van der Waals surface area contributed by atoms with Crippen LogP contribution in [0.25, 0.3) is 0 Å². The largest absolute Gasteiger partial charge is 0.484 e. The molecule has 0 aliphatic rings. The highest BCUT2D eigenvalue weighted by Gasteiger charge is 2.14. The molecule has 3 nitrogen and oxygen atoms in total. The number of carbonyl (C=O) groups excluding carboxylic acids is 1. The van der Waals surface area contributed by atoms with Crippen molar-refractivity contribution in [3.05, 3.63) is 59.7 Å². The summed E-state index contributed by atoms with van der Waals surface area (Å²) in [5.41, 5.74) is 3.16. The molecule has 2 rings (SSSR count). The summed E-state index contributed by atoms with van der Waals surface area (Å²) in [4.78, 5) is 14.0. The summed E-state index contributed by atoms with van der Waals surface area (Å²) in [5.74, 6) is 0.702. The number of aryl methyl sites for hydroxylation is 2. The van der Waals surface area contributed by atoms with Gasteiger partial charge in [0, 0.05) is 12.2 Å². The van der Waals surface area contributed by atoms with E-state index in [-0.39, 0.29) is 12.5 Å². The maximum atomic E-state index is 12.3. The summed E-state index contributed by atoms with van der Waals surface area (Å²) < 4.78 is 5.64. The average molecular weight is 283 g/mol. The Bertz CT molecular complexity index is 588. The smallest absolute Gasteiger partial charge is 0.264 e. The Morgan fingerprint density at radius 1 is 1.05 bits per heavy atom. The number of ether oxygens (including phenoxy) is 1. The predicted octanol–water partition coefficient (Wildman–Crippen LogP) is 3.74. The van der Waals surface area contributed by atoms with Gasteiger partial charge in [-0.05, 0) is 56.2 Å². The van der Waals surface area contributed by atoms with Gasteiger partial charge >= 0.3 is 0 Å². The Morgan fingerprint density at radius 2 is 1.67 bits per heavy atom. The van der Waals surface area contributed by atoms with Crippen LogP contribution in [0.5, 0.6) is 5.75 Å². The molecule has 2 aromatic carbocycles. The lowest BCUT2D eigenvalue weighted by Gasteiger charge is -2.21. The Balaban J connectivity index is 2.03. The van der Waals surface area contributed by atoms with Gasteiger partial charge in [-0.25, -0.2) is 0 Å². The Hall–Kier alpha value is -2.29. The van der Waals surface area contributed by atoms with Gasteiger partial charge in [0.2, 0.25) is 0 Å². The number of amides is 1. The van der Waals surface area contributed by atoms with Crippen molar-refractivity contribution in [1.82, 2.24) is 0 Å². The normalized spacial score (nSPS) is 10.2. The Labute approximate surface area is 126 Å². The van der Waals surface area contributed by atoms with E-state index in [9.17, 15) is 4.79 Å². The molecule has 2 aromatic rings. The van der Waals surface area contributed by atoms with Crippen LogP contribution in [-0.2, 0) is 4.79 Å². The van der Waals surface area contributed by atoms with Crippen LogP contribution in [0.3, 0.4) is 0 Å². The summed E-state index contributed by atoms with van der Waals surface area (Å²) in [6, 6.07) is 15.6. The second-order valence-electron chi connectivity index (χ2n) is 5.09. The van der Waals surface area contributed by atoms with Crippen LogP contribution in [0.2, 0.25) is 0 Å². The molecule has 0 aliphatic heterocycles. The molecule has 0 unspecified atom stereocenters. The van der Waals surface area contributed by atoms with Crippen LogP contribution in [0, 0.1) is 13.8 Å². The van der Waals surface area contributed by atoms with E-state index in [0.717, 1.165) is 22.6 Å². The van der Waals surface area contributed by atoms with E-state index < -0.39 is 0 Å². The number of hydrogen-bond donors (Lipinski definition) is 0. The lowest BCUT2D eigenvalue weighted by molar-refractivity contribution is -0.120. The lowest BCUT2D eigenvalue weighted by Crippen LogP contribution is -2.34. The van der Waals surface area contributed by atoms with E-state index in [1.54, 1.807) is 4.90 Å². The number of nitrogens with zero attached hydrogens (tertiary/aromatic N) is 1. The maximum Gasteiger partial charge on any atom is 0.264 e. The van der Waals surface area contributed by atoms with E-state index in [2.05, 4.69) is 6.07 Å². The van der Waals surface area contributed by atoms with E-state index >= 15 is 0 Å². The minimum absolute atomic E-state index is 0.0390. The van der Waals surface area contributed by atoms with E-state index in [1.807, 2.05) is 63.2 Å². The van der Waals surface area contributed by atoms with Crippen molar-refractivity contribution < 1.29 is 9.53 Å². The molecule has 0 atom stereocenters. The molecule has 110 valence electrons. The third-order valence-electron chi connectivity index (χ3n) is 3.24. The number of carbonyl (C=O) groups is 1. The van der Waals surface area contributed by atoms with Crippen LogP contribution in [0.1, 0.15) is 18.1 Å². The van der Waals surface area contributed by atoms with Gasteiger partial charge in [0.1, 0.15) is 5.75 Å². The molecule has 0 fully saturated rings. The quantitative estimate of drug-likeness (QED) is 0.836. The number of para-hydroxylation sites is 1. The molecule has 0 aliphatic carbocycles. The average Bonchev–Trinajstić information content (AvgIpc) is 2.46. The minimum atomic E-state index is -0.0390. The zero-order chi connectivity index (χ0) is 15.2. The third-order valence-corrected chi connectivity index (χ3v) is 3.24. The molecule has 1 amide bonds. The monoisotopic (exact) mass is 283 g/mol. The van der Waals surface area contributed by atoms with E-state index in [0.29, 0.717) is 6.54 Å². The van der Waals surface area contributed by atoms with Crippen LogP contribution in [0.4, 0.5) is 5.69 Å². The van der Waals surface area contributed by atoms with Gasteiger partial charge in [-0.1, -0.05) is 24.3 Å². The second-order valence-corrected chi connectivity index (χ2v) is 5.09. The van der Waals surface area contributed by atoms with E-state index in [4.69, 9.17) is 4.74 Å². The highest BCUT2D eigenvalue weighted by atomic mass is 16.5. The molecule has 0 radical (unpaired) electrons. The minimum Gasteiger partial charge on any atom is -0.484 e. The van der Waals surface area contributed by atoms with Gasteiger partial charge in [-0.3, -0.25) is 4.79 Å². The van der Waals surface area contributed by atoms with Crippen molar-refractivity contribution in [1.29, 1.82) is 0 Å². The molecule has 0 N–H and O–H groups in total. The van der Waals surface area contributed by atoms with Gasteiger partial charge in [0.15, 0.2) is 6.61 Å². The molecular weight excluding hydrogens is 262 g/mol. The maximum absolute atomic E-state index is 12.3. The Kier molecular flexibility index (Phi) is 4.99. The van der Waals surface area contributed by atoms with Crippen LogP contribution in [0.15, 0.2) is 48.5 Å². The zero-order valence-corrected chi connectivity index (χ0v) is 12.8. The number of anilines is 1. The fourth-order valence-corrected chi connectivity index (χ4v) is 2.35. The molecule has 0 bridgehead atoms. The fourth-order valence-electron chi connectivity index (χ4n) is 2.35. The fraction of sp³-hybridized carbons (Fsp3) is 0.278. The first-order valence-electron chi connectivity index (χ1n) is 7.16. The van der Waals surface area contributed by atoms with Crippen molar-refractivity contribution >= 4 is 11.6 Å².